The van der Waals surface area contributed by atoms with Gasteiger partial charge in [-0.3, -0.25) is 19.7 Å². The standard InChI is InChI=1S/C20H16N4O4S/c1-13-5-7-14(8-6-13)19(25)22-16-4-2-3-15(11-16)20(26)23-21-12-17-9-10-18(29-17)24(27)28/h2-12H,1H3,(H,22,25)(H,23,26). The number of anilines is 1. The topological polar surface area (TPSA) is 114 Å². The number of hydrazone groups is 1. The van der Waals surface area contributed by atoms with Crippen molar-refractivity contribution in [2.45, 2.75) is 6.92 Å². The van der Waals surface area contributed by atoms with Gasteiger partial charge < -0.3 is 5.32 Å². The van der Waals surface area contributed by atoms with E-state index in [-0.39, 0.29) is 10.9 Å². The van der Waals surface area contributed by atoms with Gasteiger partial charge in [0.05, 0.1) is 16.0 Å². The molecule has 0 aliphatic rings. The lowest BCUT2D eigenvalue weighted by atomic mass is 10.1. The number of thiophene rings is 1. The lowest BCUT2D eigenvalue weighted by molar-refractivity contribution is -0.380. The second-order valence-corrected chi connectivity index (χ2v) is 7.13. The molecule has 0 saturated carbocycles. The fourth-order valence-corrected chi connectivity index (χ4v) is 3.07. The van der Waals surface area contributed by atoms with Crippen molar-refractivity contribution in [3.8, 4) is 0 Å². The molecule has 2 aromatic carbocycles. The van der Waals surface area contributed by atoms with Gasteiger partial charge in [0, 0.05) is 22.9 Å². The number of nitrogens with zero attached hydrogens (tertiary/aromatic N) is 2. The summed E-state index contributed by atoms with van der Waals surface area (Å²) >= 11 is 0.949. The molecular formula is C20H16N4O4S. The zero-order valence-electron chi connectivity index (χ0n) is 15.3. The zero-order chi connectivity index (χ0) is 20.8. The van der Waals surface area contributed by atoms with Crippen molar-refractivity contribution < 1.29 is 14.5 Å². The summed E-state index contributed by atoms with van der Waals surface area (Å²) < 4.78 is 0. The fourth-order valence-electron chi connectivity index (χ4n) is 2.38. The first-order chi connectivity index (χ1) is 13.9. The Bertz CT molecular complexity index is 1090. The van der Waals surface area contributed by atoms with Gasteiger partial charge in [0.2, 0.25) is 0 Å². The van der Waals surface area contributed by atoms with Gasteiger partial charge in [-0.25, -0.2) is 5.43 Å². The van der Waals surface area contributed by atoms with E-state index in [1.807, 2.05) is 19.1 Å². The molecule has 29 heavy (non-hydrogen) atoms. The minimum Gasteiger partial charge on any atom is -0.322 e. The third kappa shape index (κ3) is 5.33. The van der Waals surface area contributed by atoms with Gasteiger partial charge in [-0.1, -0.05) is 35.1 Å². The third-order valence-corrected chi connectivity index (χ3v) is 4.82. The van der Waals surface area contributed by atoms with Crippen LogP contribution < -0.4 is 10.7 Å². The second kappa shape index (κ2) is 8.89. The van der Waals surface area contributed by atoms with Crippen molar-refractivity contribution >= 4 is 40.1 Å². The normalized spacial score (nSPS) is 10.7. The molecule has 0 aliphatic carbocycles. The van der Waals surface area contributed by atoms with Crippen LogP contribution in [0.15, 0.2) is 65.8 Å². The summed E-state index contributed by atoms with van der Waals surface area (Å²) in [5.74, 6) is -0.751. The number of amides is 2. The third-order valence-electron chi connectivity index (χ3n) is 3.85. The molecule has 0 saturated heterocycles. The Hall–Kier alpha value is -3.85. The van der Waals surface area contributed by atoms with Crippen molar-refractivity contribution in [1.82, 2.24) is 5.43 Å². The molecule has 0 bridgehead atoms. The summed E-state index contributed by atoms with van der Waals surface area (Å²) in [4.78, 5) is 35.3. The quantitative estimate of drug-likeness (QED) is 0.365. The average Bonchev–Trinajstić information content (AvgIpc) is 3.18. The van der Waals surface area contributed by atoms with Gasteiger partial charge in [-0.05, 0) is 43.3 Å². The van der Waals surface area contributed by atoms with E-state index < -0.39 is 10.8 Å². The van der Waals surface area contributed by atoms with Crippen molar-refractivity contribution in [3.63, 3.8) is 0 Å². The number of aryl methyl sites for hydroxylation is 1. The molecule has 9 heteroatoms. The monoisotopic (exact) mass is 408 g/mol. The Morgan fingerprint density at radius 3 is 2.48 bits per heavy atom. The van der Waals surface area contributed by atoms with Crippen LogP contribution in [0, 0.1) is 17.0 Å². The molecule has 0 atom stereocenters. The molecule has 3 aromatic rings. The zero-order valence-corrected chi connectivity index (χ0v) is 16.1. The van der Waals surface area contributed by atoms with Crippen LogP contribution in [0.3, 0.4) is 0 Å². The minimum absolute atomic E-state index is 0.00482. The van der Waals surface area contributed by atoms with Crippen LogP contribution >= 0.6 is 11.3 Å². The SMILES string of the molecule is Cc1ccc(C(=O)Nc2cccc(C(=O)NN=Cc3ccc([N+](=O)[O-])s3)c2)cc1. The number of carbonyl (C=O) groups is 2. The van der Waals surface area contributed by atoms with Crippen molar-refractivity contribution in [3.05, 3.63) is 92.3 Å². The Morgan fingerprint density at radius 2 is 1.79 bits per heavy atom. The van der Waals surface area contributed by atoms with Crippen LogP contribution in [0.1, 0.15) is 31.2 Å². The van der Waals surface area contributed by atoms with Crippen molar-refractivity contribution in [2.24, 2.45) is 5.10 Å². The van der Waals surface area contributed by atoms with Gasteiger partial charge in [-0.2, -0.15) is 5.10 Å². The lowest BCUT2D eigenvalue weighted by Gasteiger charge is -2.07. The molecule has 0 aliphatic heterocycles. The van der Waals surface area contributed by atoms with Crippen LogP contribution in [0.2, 0.25) is 0 Å². The molecule has 2 N–H and O–H groups in total. The van der Waals surface area contributed by atoms with E-state index in [9.17, 15) is 19.7 Å². The Kier molecular flexibility index (Phi) is 6.10. The number of nitro groups is 1. The summed E-state index contributed by atoms with van der Waals surface area (Å²) in [6.45, 7) is 1.94. The van der Waals surface area contributed by atoms with Crippen LogP contribution in [0.25, 0.3) is 0 Å². The van der Waals surface area contributed by atoms with E-state index >= 15 is 0 Å². The second-order valence-electron chi connectivity index (χ2n) is 6.03. The predicted octanol–water partition coefficient (Wildman–Crippen LogP) is 3.98. The Labute approximate surface area is 170 Å². The van der Waals surface area contributed by atoms with Gasteiger partial charge in [0.15, 0.2) is 0 Å². The van der Waals surface area contributed by atoms with Crippen LogP contribution in [-0.2, 0) is 0 Å². The molecule has 0 radical (unpaired) electrons. The molecule has 1 aromatic heterocycles. The number of nitrogens with one attached hydrogen (secondary N) is 2. The highest BCUT2D eigenvalue weighted by molar-refractivity contribution is 7.16. The molecule has 1 heterocycles. The molecule has 3 rings (SSSR count). The summed E-state index contributed by atoms with van der Waals surface area (Å²) in [7, 11) is 0. The molecule has 2 amide bonds. The summed E-state index contributed by atoms with van der Waals surface area (Å²) in [5.41, 5.74) is 4.71. The molecule has 146 valence electrons. The number of rotatable bonds is 6. The number of benzene rings is 2. The van der Waals surface area contributed by atoms with Crippen LogP contribution in [0.4, 0.5) is 10.7 Å². The highest BCUT2D eigenvalue weighted by Gasteiger charge is 2.10. The highest BCUT2D eigenvalue weighted by atomic mass is 32.1. The molecular weight excluding hydrogens is 392 g/mol. The maximum atomic E-state index is 12.3. The largest absolute Gasteiger partial charge is 0.324 e. The Morgan fingerprint density at radius 1 is 1.03 bits per heavy atom. The van der Waals surface area contributed by atoms with E-state index in [1.165, 1.54) is 18.3 Å². The van der Waals surface area contributed by atoms with Gasteiger partial charge >= 0.3 is 5.00 Å². The molecule has 0 fully saturated rings. The summed E-state index contributed by atoms with van der Waals surface area (Å²) in [5, 5.41) is 17.2. The lowest BCUT2D eigenvalue weighted by Crippen LogP contribution is -2.18. The summed E-state index contributed by atoms with van der Waals surface area (Å²) in [6, 6.07) is 16.5. The minimum atomic E-state index is -0.489. The average molecular weight is 408 g/mol. The molecule has 8 nitrogen and oxygen atoms in total. The van der Waals surface area contributed by atoms with Crippen LogP contribution in [-0.4, -0.2) is 23.0 Å². The van der Waals surface area contributed by atoms with Crippen molar-refractivity contribution in [1.29, 1.82) is 0 Å². The van der Waals surface area contributed by atoms with E-state index in [0.717, 1.165) is 16.9 Å². The maximum Gasteiger partial charge on any atom is 0.324 e. The molecule has 0 unspecified atom stereocenters. The maximum absolute atomic E-state index is 12.3. The number of hydrogen-bond acceptors (Lipinski definition) is 6. The fraction of sp³-hybridized carbons (Fsp3) is 0.0500. The van der Waals surface area contributed by atoms with Gasteiger partial charge in [0.1, 0.15) is 0 Å². The van der Waals surface area contributed by atoms with Gasteiger partial charge in [-0.15, -0.1) is 0 Å². The van der Waals surface area contributed by atoms with E-state index in [2.05, 4.69) is 15.8 Å². The first kappa shape index (κ1) is 19.9. The van der Waals surface area contributed by atoms with E-state index in [1.54, 1.807) is 36.4 Å². The number of carbonyl (C=O) groups excluding carboxylic acids is 2. The number of hydrogen-bond donors (Lipinski definition) is 2. The summed E-state index contributed by atoms with van der Waals surface area (Å²) in [6.07, 6.45) is 1.33. The van der Waals surface area contributed by atoms with Crippen LogP contribution in [0.5, 0.6) is 0 Å². The smallest absolute Gasteiger partial charge is 0.322 e. The highest BCUT2D eigenvalue weighted by Crippen LogP contribution is 2.22. The van der Waals surface area contributed by atoms with Crippen molar-refractivity contribution in [2.75, 3.05) is 5.32 Å². The molecule has 0 spiro atoms. The van der Waals surface area contributed by atoms with E-state index in [0.29, 0.717) is 21.7 Å². The predicted molar refractivity (Wildman–Crippen MR) is 112 cm³/mol. The first-order valence-electron chi connectivity index (χ1n) is 8.48. The van der Waals surface area contributed by atoms with E-state index in [4.69, 9.17) is 0 Å². The van der Waals surface area contributed by atoms with Gasteiger partial charge in [0.25, 0.3) is 11.8 Å². The first-order valence-corrected chi connectivity index (χ1v) is 9.30. The Balaban J connectivity index is 1.62.